The third kappa shape index (κ3) is 6.22. The Bertz CT molecular complexity index is 1330. The first kappa shape index (κ1) is 26.5. The lowest BCUT2D eigenvalue weighted by Gasteiger charge is -2.36. The lowest BCUT2D eigenvalue weighted by molar-refractivity contribution is 0.0745. The number of aryl methyl sites for hydroxylation is 2. The lowest BCUT2D eigenvalue weighted by Crippen LogP contribution is -2.49. The molecule has 1 aliphatic heterocycles. The Morgan fingerprint density at radius 3 is 2.49 bits per heavy atom. The molecule has 2 heterocycles. The predicted molar refractivity (Wildman–Crippen MR) is 146 cm³/mol. The average molecular weight is 523 g/mol. The minimum Gasteiger partial charge on any atom is -0.495 e. The van der Waals surface area contributed by atoms with E-state index in [1.165, 1.54) is 12.1 Å². The largest absolute Gasteiger partial charge is 0.495 e. The number of carbonyl (C=O) groups excluding carboxylic acids is 1. The molecular formula is C28H34N4O4S. The standard InChI is InChI=1S/C28H34N4O4S/c1-4-5-8-22-12-14-27(29-20-22)30-37(34,35)23-13-11-21(2)24(19-23)28(33)32-17-15-31(16-18-32)25-9-6-7-10-26(25)36-3/h6-7,9-14,19-20H,4-5,8,15-18H2,1-3H3,(H,29,30). The van der Waals surface area contributed by atoms with Crippen molar-refractivity contribution >= 4 is 27.4 Å². The second kappa shape index (κ2) is 11.6. The van der Waals surface area contributed by atoms with Gasteiger partial charge in [-0.3, -0.25) is 9.52 Å². The highest BCUT2D eigenvalue weighted by molar-refractivity contribution is 7.92. The summed E-state index contributed by atoms with van der Waals surface area (Å²) in [6, 6.07) is 16.0. The molecule has 1 amide bonds. The molecule has 1 N–H and O–H groups in total. The van der Waals surface area contributed by atoms with E-state index >= 15 is 0 Å². The third-order valence-electron chi connectivity index (χ3n) is 6.63. The van der Waals surface area contributed by atoms with E-state index < -0.39 is 10.0 Å². The summed E-state index contributed by atoms with van der Waals surface area (Å²) >= 11 is 0. The van der Waals surface area contributed by atoms with Crippen molar-refractivity contribution in [2.75, 3.05) is 42.9 Å². The molecule has 2 aromatic carbocycles. The van der Waals surface area contributed by atoms with E-state index in [0.29, 0.717) is 31.7 Å². The second-order valence-corrected chi connectivity index (χ2v) is 10.9. The maximum absolute atomic E-state index is 13.4. The molecule has 196 valence electrons. The number of nitrogens with one attached hydrogen (secondary N) is 1. The second-order valence-electron chi connectivity index (χ2n) is 9.19. The highest BCUT2D eigenvalue weighted by atomic mass is 32.2. The molecule has 1 saturated heterocycles. The molecule has 1 aromatic heterocycles. The number of nitrogens with zero attached hydrogens (tertiary/aromatic N) is 3. The van der Waals surface area contributed by atoms with Gasteiger partial charge in [-0.2, -0.15) is 0 Å². The Hall–Kier alpha value is -3.59. The molecule has 4 rings (SSSR count). The number of benzene rings is 2. The fourth-order valence-electron chi connectivity index (χ4n) is 4.42. The minimum absolute atomic E-state index is 0.0333. The van der Waals surface area contributed by atoms with Gasteiger partial charge in [0.1, 0.15) is 11.6 Å². The quantitative estimate of drug-likeness (QED) is 0.445. The number of carbonyl (C=O) groups is 1. The van der Waals surface area contributed by atoms with E-state index in [4.69, 9.17) is 4.74 Å². The van der Waals surface area contributed by atoms with Gasteiger partial charge >= 0.3 is 0 Å². The third-order valence-corrected chi connectivity index (χ3v) is 7.98. The highest BCUT2D eigenvalue weighted by Crippen LogP contribution is 2.29. The van der Waals surface area contributed by atoms with Gasteiger partial charge < -0.3 is 14.5 Å². The van der Waals surface area contributed by atoms with Crippen molar-refractivity contribution in [3.63, 3.8) is 0 Å². The Labute approximate surface area is 219 Å². The number of hydrogen-bond acceptors (Lipinski definition) is 6. The predicted octanol–water partition coefficient (Wildman–Crippen LogP) is 4.50. The summed E-state index contributed by atoms with van der Waals surface area (Å²) < 4.78 is 34.2. The van der Waals surface area contributed by atoms with Gasteiger partial charge in [0.15, 0.2) is 0 Å². The zero-order valence-electron chi connectivity index (χ0n) is 21.6. The van der Waals surface area contributed by atoms with Gasteiger partial charge in [-0.05, 0) is 61.2 Å². The van der Waals surface area contributed by atoms with Gasteiger partial charge in [-0.25, -0.2) is 13.4 Å². The number of aromatic nitrogens is 1. The molecular weight excluding hydrogens is 488 g/mol. The summed E-state index contributed by atoms with van der Waals surface area (Å²) in [4.78, 5) is 21.7. The van der Waals surface area contributed by atoms with Crippen molar-refractivity contribution in [2.45, 2.75) is 38.0 Å². The Balaban J connectivity index is 1.46. The molecule has 3 aromatic rings. The number of pyridine rings is 1. The number of ether oxygens (including phenoxy) is 1. The summed E-state index contributed by atoms with van der Waals surface area (Å²) in [6.07, 6.45) is 4.75. The van der Waals surface area contributed by atoms with Crippen molar-refractivity contribution in [3.05, 3.63) is 77.5 Å². The summed E-state index contributed by atoms with van der Waals surface area (Å²) in [7, 11) is -2.26. The SMILES string of the molecule is CCCCc1ccc(NS(=O)(=O)c2ccc(C)c(C(=O)N3CCN(c4ccccc4OC)CC3)c2)nc1. The molecule has 0 spiro atoms. The minimum atomic E-state index is -3.90. The van der Waals surface area contributed by atoms with Crippen LogP contribution in [0.2, 0.25) is 0 Å². The van der Waals surface area contributed by atoms with Crippen LogP contribution >= 0.6 is 0 Å². The number of para-hydroxylation sites is 2. The summed E-state index contributed by atoms with van der Waals surface area (Å²) in [5.74, 6) is 0.877. The van der Waals surface area contributed by atoms with Crippen LogP contribution in [0.5, 0.6) is 5.75 Å². The molecule has 0 unspecified atom stereocenters. The van der Waals surface area contributed by atoms with Gasteiger partial charge in [-0.1, -0.05) is 37.6 Å². The molecule has 8 nitrogen and oxygen atoms in total. The van der Waals surface area contributed by atoms with Crippen molar-refractivity contribution in [1.82, 2.24) is 9.88 Å². The number of amides is 1. The number of anilines is 2. The molecule has 37 heavy (non-hydrogen) atoms. The van der Waals surface area contributed by atoms with Crippen molar-refractivity contribution in [3.8, 4) is 5.75 Å². The van der Waals surface area contributed by atoms with Crippen LogP contribution in [0, 0.1) is 6.92 Å². The van der Waals surface area contributed by atoms with Crippen LogP contribution in [0.15, 0.2) is 65.7 Å². The van der Waals surface area contributed by atoms with Gasteiger partial charge in [0.2, 0.25) is 0 Å². The smallest absolute Gasteiger partial charge is 0.263 e. The number of piperazine rings is 1. The highest BCUT2D eigenvalue weighted by Gasteiger charge is 2.26. The molecule has 0 radical (unpaired) electrons. The van der Waals surface area contributed by atoms with Crippen LogP contribution < -0.4 is 14.4 Å². The number of rotatable bonds is 9. The Morgan fingerprint density at radius 1 is 1.05 bits per heavy atom. The van der Waals surface area contributed by atoms with Crippen molar-refractivity contribution in [2.24, 2.45) is 0 Å². The van der Waals surface area contributed by atoms with Crippen LogP contribution in [-0.4, -0.2) is 57.5 Å². The van der Waals surface area contributed by atoms with E-state index in [0.717, 1.165) is 41.8 Å². The fourth-order valence-corrected chi connectivity index (χ4v) is 5.45. The number of methoxy groups -OCH3 is 1. The van der Waals surface area contributed by atoms with Gasteiger partial charge in [0, 0.05) is 37.9 Å². The maximum atomic E-state index is 13.4. The fraction of sp³-hybridized carbons (Fsp3) is 0.357. The molecule has 0 saturated carbocycles. The first-order chi connectivity index (χ1) is 17.8. The first-order valence-corrected chi connectivity index (χ1v) is 14.1. The molecule has 0 bridgehead atoms. The zero-order valence-corrected chi connectivity index (χ0v) is 22.4. The summed E-state index contributed by atoms with van der Waals surface area (Å²) in [5, 5.41) is 0. The molecule has 9 heteroatoms. The van der Waals surface area contributed by atoms with Crippen molar-refractivity contribution < 1.29 is 17.9 Å². The van der Waals surface area contributed by atoms with Crippen LogP contribution in [0.3, 0.4) is 0 Å². The van der Waals surface area contributed by atoms with Crippen LogP contribution in [0.25, 0.3) is 0 Å². The van der Waals surface area contributed by atoms with E-state index in [2.05, 4.69) is 21.5 Å². The van der Waals surface area contributed by atoms with E-state index in [1.54, 1.807) is 30.3 Å². The topological polar surface area (TPSA) is 91.8 Å². The van der Waals surface area contributed by atoms with Crippen LogP contribution in [0.1, 0.15) is 41.3 Å². The average Bonchev–Trinajstić information content (AvgIpc) is 2.92. The normalized spacial score (nSPS) is 13.9. The monoisotopic (exact) mass is 522 g/mol. The van der Waals surface area contributed by atoms with Gasteiger partial charge in [0.05, 0.1) is 17.7 Å². The van der Waals surface area contributed by atoms with E-state index in [9.17, 15) is 13.2 Å². The molecule has 1 aliphatic rings. The van der Waals surface area contributed by atoms with Crippen LogP contribution in [-0.2, 0) is 16.4 Å². The van der Waals surface area contributed by atoms with Crippen molar-refractivity contribution in [1.29, 1.82) is 0 Å². The number of hydrogen-bond donors (Lipinski definition) is 1. The van der Waals surface area contributed by atoms with Gasteiger partial charge in [0.25, 0.3) is 15.9 Å². The lowest BCUT2D eigenvalue weighted by atomic mass is 10.1. The Kier molecular flexibility index (Phi) is 8.33. The first-order valence-electron chi connectivity index (χ1n) is 12.6. The number of sulfonamides is 1. The maximum Gasteiger partial charge on any atom is 0.263 e. The number of unbranched alkanes of at least 4 members (excludes halogenated alkanes) is 1. The van der Waals surface area contributed by atoms with Gasteiger partial charge in [-0.15, -0.1) is 0 Å². The van der Waals surface area contributed by atoms with Crippen LogP contribution in [0.4, 0.5) is 11.5 Å². The molecule has 0 atom stereocenters. The summed E-state index contributed by atoms with van der Waals surface area (Å²) in [5.41, 5.74) is 3.18. The van der Waals surface area contributed by atoms with E-state index in [1.807, 2.05) is 37.3 Å². The summed E-state index contributed by atoms with van der Waals surface area (Å²) in [6.45, 7) is 6.31. The Morgan fingerprint density at radius 2 is 1.81 bits per heavy atom. The van der Waals surface area contributed by atoms with E-state index in [-0.39, 0.29) is 16.6 Å². The molecule has 1 fully saturated rings. The molecule has 0 aliphatic carbocycles. The zero-order chi connectivity index (χ0) is 26.4.